The fraction of sp³-hybridized carbons (Fsp3) is 0.350. The first kappa shape index (κ1) is 19.5. The Kier molecular flexibility index (Phi) is 5.67. The van der Waals surface area contributed by atoms with Gasteiger partial charge in [0.2, 0.25) is 0 Å². The van der Waals surface area contributed by atoms with Crippen LogP contribution in [0.4, 0.5) is 0 Å². The highest BCUT2D eigenvalue weighted by Crippen LogP contribution is 2.29. The fourth-order valence-corrected chi connectivity index (χ4v) is 2.84. The van der Waals surface area contributed by atoms with Crippen molar-refractivity contribution in [1.29, 1.82) is 0 Å². The van der Waals surface area contributed by atoms with Crippen LogP contribution in [0.5, 0.6) is 11.5 Å². The summed E-state index contributed by atoms with van der Waals surface area (Å²) in [6.07, 6.45) is 3.27. The molecule has 0 saturated heterocycles. The summed E-state index contributed by atoms with van der Waals surface area (Å²) in [6, 6.07) is 5.65. The van der Waals surface area contributed by atoms with Gasteiger partial charge in [-0.05, 0) is 23.6 Å². The number of ether oxygens (including phenoxy) is 3. The Balaban J connectivity index is 1.94. The zero-order valence-corrected chi connectivity index (χ0v) is 16.3. The van der Waals surface area contributed by atoms with E-state index in [0.29, 0.717) is 41.8 Å². The lowest BCUT2D eigenvalue weighted by molar-refractivity contribution is 0.0600. The van der Waals surface area contributed by atoms with Crippen LogP contribution in [0.3, 0.4) is 0 Å². The van der Waals surface area contributed by atoms with Gasteiger partial charge in [0.05, 0.1) is 26.4 Å². The zero-order chi connectivity index (χ0) is 20.3. The average Bonchev–Trinajstić information content (AvgIpc) is 3.06. The first-order chi connectivity index (χ1) is 13.4. The van der Waals surface area contributed by atoms with Crippen LogP contribution in [0.25, 0.3) is 11.3 Å². The van der Waals surface area contributed by atoms with E-state index in [0.717, 1.165) is 5.56 Å². The second-order valence-electron chi connectivity index (χ2n) is 6.84. The molecule has 2 heterocycles. The second kappa shape index (κ2) is 8.16. The first-order valence-corrected chi connectivity index (χ1v) is 8.89. The van der Waals surface area contributed by atoms with E-state index < -0.39 is 5.97 Å². The maximum absolute atomic E-state index is 12.1. The molecule has 0 aliphatic carbocycles. The van der Waals surface area contributed by atoms with Crippen molar-refractivity contribution in [2.45, 2.75) is 20.4 Å². The molecule has 0 bridgehead atoms. The highest BCUT2D eigenvalue weighted by atomic mass is 16.5. The molecule has 0 amide bonds. The van der Waals surface area contributed by atoms with E-state index in [1.807, 2.05) is 18.2 Å². The van der Waals surface area contributed by atoms with Crippen molar-refractivity contribution in [1.82, 2.24) is 14.8 Å². The number of nitrogens with one attached hydrogen (secondary N) is 1. The van der Waals surface area contributed by atoms with Gasteiger partial charge in [0.25, 0.3) is 5.56 Å². The molecule has 148 valence electrons. The second-order valence-corrected chi connectivity index (χ2v) is 6.84. The van der Waals surface area contributed by atoms with Gasteiger partial charge in [-0.1, -0.05) is 19.9 Å². The lowest BCUT2D eigenvalue weighted by Gasteiger charge is -2.15. The van der Waals surface area contributed by atoms with Crippen LogP contribution in [0.1, 0.15) is 29.8 Å². The maximum atomic E-state index is 12.1. The molecule has 2 aliphatic heterocycles. The average molecular weight is 385 g/mol. The monoisotopic (exact) mass is 385 g/mol. The van der Waals surface area contributed by atoms with Crippen LogP contribution in [0.2, 0.25) is 0 Å². The molecule has 0 saturated carbocycles. The van der Waals surface area contributed by atoms with Gasteiger partial charge in [0.1, 0.15) is 11.3 Å². The van der Waals surface area contributed by atoms with Crippen molar-refractivity contribution in [3.8, 4) is 22.8 Å². The molecule has 0 unspecified atom stereocenters. The molecule has 28 heavy (non-hydrogen) atoms. The maximum Gasteiger partial charge on any atom is 0.341 e. The lowest BCUT2D eigenvalue weighted by Crippen LogP contribution is -2.12. The van der Waals surface area contributed by atoms with Crippen LogP contribution >= 0.6 is 0 Å². The van der Waals surface area contributed by atoms with Crippen LogP contribution < -0.4 is 15.0 Å². The fourth-order valence-electron chi connectivity index (χ4n) is 2.84. The van der Waals surface area contributed by atoms with Gasteiger partial charge >= 0.3 is 5.97 Å². The number of aromatic nitrogens is 3. The van der Waals surface area contributed by atoms with Crippen molar-refractivity contribution in [2.24, 2.45) is 5.92 Å². The van der Waals surface area contributed by atoms with Gasteiger partial charge in [-0.15, -0.1) is 0 Å². The molecule has 1 N–H and O–H groups in total. The molecule has 8 nitrogen and oxygen atoms in total. The minimum Gasteiger partial charge on any atom is -0.493 e. The van der Waals surface area contributed by atoms with E-state index in [1.54, 1.807) is 24.1 Å². The van der Waals surface area contributed by atoms with E-state index >= 15 is 0 Å². The van der Waals surface area contributed by atoms with Crippen molar-refractivity contribution < 1.29 is 19.0 Å². The zero-order valence-electron chi connectivity index (χ0n) is 16.3. The molecular weight excluding hydrogens is 362 g/mol. The Bertz CT molecular complexity index is 1010. The Hall–Kier alpha value is -3.29. The summed E-state index contributed by atoms with van der Waals surface area (Å²) >= 11 is 0. The number of methoxy groups -OCH3 is 2. The van der Waals surface area contributed by atoms with E-state index in [2.05, 4.69) is 24.0 Å². The van der Waals surface area contributed by atoms with E-state index in [9.17, 15) is 9.59 Å². The number of esters is 1. The summed E-state index contributed by atoms with van der Waals surface area (Å²) in [5.74, 6) is 1.15. The molecule has 1 aromatic rings. The molecule has 1 aromatic carbocycles. The van der Waals surface area contributed by atoms with Crippen molar-refractivity contribution in [3.63, 3.8) is 0 Å². The van der Waals surface area contributed by atoms with E-state index in [4.69, 9.17) is 14.2 Å². The third-order valence-electron chi connectivity index (χ3n) is 4.18. The molecule has 2 aliphatic rings. The molecule has 8 heteroatoms. The standard InChI is InChI=1S/C20H23N3O5/c1-12(2)11-28-16-6-5-13(7-17(16)26-3)8-23-9-14-18(21-22-19(14)24)15(10-23)20(25)27-4/h5-7,9-10,12H,8,11H2,1-4H3,(H,22,24). The first-order valence-electron chi connectivity index (χ1n) is 8.89. The Morgan fingerprint density at radius 1 is 1.21 bits per heavy atom. The summed E-state index contributed by atoms with van der Waals surface area (Å²) in [5, 5.41) is 6.29. The SMILES string of the molecule is COC(=O)c1cn(Cc2ccc(OCC(C)C)c(OC)c2)cc2c(=O)[nH]nc1-2. The van der Waals surface area contributed by atoms with Crippen LogP contribution in [-0.2, 0) is 11.3 Å². The highest BCUT2D eigenvalue weighted by molar-refractivity contribution is 5.95. The van der Waals surface area contributed by atoms with Gasteiger partial charge in [-0.2, -0.15) is 5.10 Å². The topological polar surface area (TPSA) is 95.4 Å². The number of benzene rings is 1. The largest absolute Gasteiger partial charge is 0.493 e. The summed E-state index contributed by atoms with van der Waals surface area (Å²) in [6.45, 7) is 5.17. The number of aromatic amines is 1. The third kappa shape index (κ3) is 4.00. The summed E-state index contributed by atoms with van der Waals surface area (Å²) < 4.78 is 17.8. The number of hydrogen-bond donors (Lipinski definition) is 1. The van der Waals surface area contributed by atoms with E-state index in [-0.39, 0.29) is 11.1 Å². The molecule has 0 atom stereocenters. The normalized spacial score (nSPS) is 11.0. The minimum absolute atomic E-state index is 0.224. The summed E-state index contributed by atoms with van der Waals surface area (Å²) in [5.41, 5.74) is 1.41. The van der Waals surface area contributed by atoms with Crippen molar-refractivity contribution in [2.75, 3.05) is 20.8 Å². The Labute approximate surface area is 162 Å². The van der Waals surface area contributed by atoms with Crippen molar-refractivity contribution in [3.05, 3.63) is 52.1 Å². The van der Waals surface area contributed by atoms with Crippen LogP contribution in [0, 0.1) is 5.92 Å². The van der Waals surface area contributed by atoms with Gasteiger partial charge in [0.15, 0.2) is 11.5 Å². The molecule has 0 radical (unpaired) electrons. The number of fused-ring (bicyclic) bond motifs is 1. The highest BCUT2D eigenvalue weighted by Gasteiger charge is 2.22. The molecule has 0 spiro atoms. The quantitative estimate of drug-likeness (QED) is 0.628. The number of nitrogens with zero attached hydrogens (tertiary/aromatic N) is 2. The number of carbonyl (C=O) groups excluding carboxylic acids is 1. The summed E-state index contributed by atoms with van der Waals surface area (Å²) in [7, 11) is 2.88. The smallest absolute Gasteiger partial charge is 0.341 e. The van der Waals surface area contributed by atoms with Gasteiger partial charge in [-0.25, -0.2) is 9.89 Å². The predicted octanol–water partition coefficient (Wildman–Crippen LogP) is 2.55. The van der Waals surface area contributed by atoms with Gasteiger partial charge in [0, 0.05) is 18.9 Å². The van der Waals surface area contributed by atoms with Crippen LogP contribution in [-0.4, -0.2) is 41.6 Å². The third-order valence-corrected chi connectivity index (χ3v) is 4.18. The van der Waals surface area contributed by atoms with Gasteiger partial charge < -0.3 is 18.8 Å². The number of hydrogen-bond acceptors (Lipinski definition) is 6. The predicted molar refractivity (Wildman–Crippen MR) is 103 cm³/mol. The number of rotatable bonds is 7. The summed E-state index contributed by atoms with van der Waals surface area (Å²) in [4.78, 5) is 24.1. The Morgan fingerprint density at radius 2 is 2.00 bits per heavy atom. The molecular formula is C20H23N3O5. The molecule has 0 fully saturated rings. The van der Waals surface area contributed by atoms with Crippen molar-refractivity contribution >= 4 is 5.97 Å². The molecule has 0 aromatic heterocycles. The number of H-pyrrole nitrogens is 1. The van der Waals surface area contributed by atoms with Gasteiger partial charge in [-0.3, -0.25) is 4.79 Å². The lowest BCUT2D eigenvalue weighted by atomic mass is 10.1. The van der Waals surface area contributed by atoms with E-state index in [1.165, 1.54) is 7.11 Å². The van der Waals surface area contributed by atoms with Crippen LogP contribution in [0.15, 0.2) is 35.4 Å². The number of pyridine rings is 1. The minimum atomic E-state index is -0.555. The molecule has 3 rings (SSSR count). The number of carbonyl (C=O) groups is 1. The Morgan fingerprint density at radius 3 is 2.68 bits per heavy atom.